The van der Waals surface area contributed by atoms with Gasteiger partial charge in [-0.25, -0.2) is 0 Å². The van der Waals surface area contributed by atoms with Crippen LogP contribution in [-0.4, -0.2) is 17.7 Å². The summed E-state index contributed by atoms with van der Waals surface area (Å²) < 4.78 is 0. The minimum absolute atomic E-state index is 0.0992. The maximum Gasteiger partial charge on any atom is 0.230 e. The average Bonchev–Trinajstić information content (AvgIpc) is 2.42. The van der Waals surface area contributed by atoms with Gasteiger partial charge in [-0.2, -0.15) is 0 Å². The molecular formula is C17H25Cl2NOS. The van der Waals surface area contributed by atoms with Crippen LogP contribution >= 0.6 is 35.0 Å². The van der Waals surface area contributed by atoms with Crippen molar-refractivity contribution >= 4 is 40.9 Å². The lowest BCUT2D eigenvalue weighted by atomic mass is 10.0. The van der Waals surface area contributed by atoms with E-state index in [1.807, 2.05) is 12.1 Å². The molecule has 2 nitrogen and oxygen atoms in total. The van der Waals surface area contributed by atoms with Gasteiger partial charge < -0.3 is 5.32 Å². The quantitative estimate of drug-likeness (QED) is 0.623. The summed E-state index contributed by atoms with van der Waals surface area (Å²) in [6.07, 6.45) is 3.42. The molecule has 1 aromatic carbocycles. The fourth-order valence-corrected chi connectivity index (χ4v) is 3.22. The molecule has 1 rings (SSSR count). The number of carbonyl (C=O) groups is 1. The molecule has 1 aromatic rings. The second-order valence-corrected chi connectivity index (χ2v) is 7.83. The molecule has 0 saturated heterocycles. The summed E-state index contributed by atoms with van der Waals surface area (Å²) >= 11 is 13.4. The molecule has 22 heavy (non-hydrogen) atoms. The highest BCUT2D eigenvalue weighted by atomic mass is 35.5. The van der Waals surface area contributed by atoms with Crippen LogP contribution in [0, 0.1) is 5.92 Å². The number of thioether (sulfide) groups is 1. The van der Waals surface area contributed by atoms with Gasteiger partial charge >= 0.3 is 0 Å². The van der Waals surface area contributed by atoms with Gasteiger partial charge in [0.05, 0.1) is 15.8 Å². The first kappa shape index (κ1) is 19.7. The first-order valence-corrected chi connectivity index (χ1v) is 9.60. The van der Waals surface area contributed by atoms with Gasteiger partial charge in [-0.05, 0) is 37.0 Å². The maximum atomic E-state index is 11.9. The van der Waals surface area contributed by atoms with Gasteiger partial charge in [0.15, 0.2) is 0 Å². The first-order chi connectivity index (χ1) is 10.4. The molecule has 0 heterocycles. The van der Waals surface area contributed by atoms with Crippen molar-refractivity contribution in [2.24, 2.45) is 5.92 Å². The molecule has 0 aliphatic carbocycles. The van der Waals surface area contributed by atoms with Crippen LogP contribution in [-0.2, 0) is 10.5 Å². The van der Waals surface area contributed by atoms with Crippen LogP contribution in [0.1, 0.15) is 45.6 Å². The van der Waals surface area contributed by atoms with Crippen molar-refractivity contribution in [2.45, 2.75) is 51.8 Å². The lowest BCUT2D eigenvalue weighted by Gasteiger charge is -2.14. The zero-order chi connectivity index (χ0) is 16.5. The number of amides is 1. The van der Waals surface area contributed by atoms with Crippen LogP contribution in [0.15, 0.2) is 18.2 Å². The first-order valence-electron chi connectivity index (χ1n) is 7.69. The van der Waals surface area contributed by atoms with Crippen molar-refractivity contribution in [3.63, 3.8) is 0 Å². The third kappa shape index (κ3) is 8.30. The Balaban J connectivity index is 2.21. The van der Waals surface area contributed by atoms with Crippen molar-refractivity contribution in [2.75, 3.05) is 5.75 Å². The number of hydrogen-bond donors (Lipinski definition) is 1. The number of rotatable bonds is 9. The van der Waals surface area contributed by atoms with Crippen molar-refractivity contribution in [1.82, 2.24) is 5.32 Å². The van der Waals surface area contributed by atoms with E-state index in [4.69, 9.17) is 23.2 Å². The fraction of sp³-hybridized carbons (Fsp3) is 0.588. The molecular weight excluding hydrogens is 337 g/mol. The van der Waals surface area contributed by atoms with Gasteiger partial charge in [0.25, 0.3) is 0 Å². The summed E-state index contributed by atoms with van der Waals surface area (Å²) in [7, 11) is 0. The highest BCUT2D eigenvalue weighted by Crippen LogP contribution is 2.24. The zero-order valence-corrected chi connectivity index (χ0v) is 15.8. The smallest absolute Gasteiger partial charge is 0.230 e. The molecule has 1 N–H and O–H groups in total. The van der Waals surface area contributed by atoms with Crippen molar-refractivity contribution in [1.29, 1.82) is 0 Å². The van der Waals surface area contributed by atoms with Crippen LogP contribution in [0.3, 0.4) is 0 Å². The Kier molecular flexibility index (Phi) is 9.30. The van der Waals surface area contributed by atoms with Crippen molar-refractivity contribution < 1.29 is 4.79 Å². The molecule has 0 aliphatic rings. The average molecular weight is 362 g/mol. The molecule has 124 valence electrons. The number of halogens is 2. The van der Waals surface area contributed by atoms with Crippen molar-refractivity contribution in [3.05, 3.63) is 33.8 Å². The van der Waals surface area contributed by atoms with Crippen molar-refractivity contribution in [3.8, 4) is 0 Å². The van der Waals surface area contributed by atoms with E-state index >= 15 is 0 Å². The lowest BCUT2D eigenvalue weighted by Crippen LogP contribution is -2.33. The van der Waals surface area contributed by atoms with E-state index in [2.05, 4.69) is 26.1 Å². The minimum atomic E-state index is 0.0992. The Morgan fingerprint density at radius 3 is 2.55 bits per heavy atom. The Morgan fingerprint density at radius 1 is 1.18 bits per heavy atom. The standard InChI is InChI=1S/C17H25Cl2NOS/c1-12(2)5-4-6-13(3)20-17(21)11-22-10-14-7-8-15(18)16(19)9-14/h7-9,12-13H,4-6,10-11H2,1-3H3,(H,20,21). The van der Waals surface area contributed by atoms with E-state index in [0.717, 1.165) is 30.1 Å². The van der Waals surface area contributed by atoms with Crippen LogP contribution < -0.4 is 5.32 Å². The summed E-state index contributed by atoms with van der Waals surface area (Å²) in [6, 6.07) is 5.82. The number of hydrogen-bond acceptors (Lipinski definition) is 2. The molecule has 0 aromatic heterocycles. The summed E-state index contributed by atoms with van der Waals surface area (Å²) in [5.74, 6) is 2.05. The topological polar surface area (TPSA) is 29.1 Å². The molecule has 1 atom stereocenters. The predicted molar refractivity (Wildman–Crippen MR) is 98.9 cm³/mol. The lowest BCUT2D eigenvalue weighted by molar-refractivity contribution is -0.119. The third-order valence-electron chi connectivity index (χ3n) is 3.31. The third-order valence-corrected chi connectivity index (χ3v) is 5.05. The van der Waals surface area contributed by atoms with E-state index in [-0.39, 0.29) is 11.9 Å². The Bertz CT molecular complexity index is 480. The highest BCUT2D eigenvalue weighted by Gasteiger charge is 2.08. The van der Waals surface area contributed by atoms with Crippen LogP contribution in [0.5, 0.6) is 0 Å². The zero-order valence-electron chi connectivity index (χ0n) is 13.5. The SMILES string of the molecule is CC(C)CCCC(C)NC(=O)CSCc1ccc(Cl)c(Cl)c1. The largest absolute Gasteiger partial charge is 0.353 e. The molecule has 0 fully saturated rings. The van der Waals surface area contributed by atoms with Crippen LogP contribution in [0.2, 0.25) is 10.0 Å². The second kappa shape index (κ2) is 10.4. The Labute approximate surface area is 148 Å². The number of nitrogens with one attached hydrogen (secondary N) is 1. The fourth-order valence-electron chi connectivity index (χ4n) is 2.11. The van der Waals surface area contributed by atoms with E-state index in [9.17, 15) is 4.79 Å². The van der Waals surface area contributed by atoms with E-state index in [0.29, 0.717) is 15.8 Å². The Morgan fingerprint density at radius 2 is 1.91 bits per heavy atom. The van der Waals surface area contributed by atoms with Gasteiger partial charge in [0, 0.05) is 11.8 Å². The molecule has 1 amide bonds. The second-order valence-electron chi connectivity index (χ2n) is 6.03. The summed E-state index contributed by atoms with van der Waals surface area (Å²) in [6.45, 7) is 6.52. The highest BCUT2D eigenvalue weighted by molar-refractivity contribution is 7.99. The Hall–Kier alpha value is -0.380. The van der Waals surface area contributed by atoms with E-state index in [1.165, 1.54) is 6.42 Å². The maximum absolute atomic E-state index is 11.9. The molecule has 5 heteroatoms. The van der Waals surface area contributed by atoms with E-state index in [1.54, 1.807) is 17.8 Å². The van der Waals surface area contributed by atoms with Gasteiger partial charge in [0.2, 0.25) is 5.91 Å². The van der Waals surface area contributed by atoms with Gasteiger partial charge in [0.1, 0.15) is 0 Å². The van der Waals surface area contributed by atoms with E-state index < -0.39 is 0 Å². The summed E-state index contributed by atoms with van der Waals surface area (Å²) in [5, 5.41) is 4.17. The molecule has 0 aliphatic heterocycles. The van der Waals surface area contributed by atoms with Gasteiger partial charge in [-0.1, -0.05) is 56.0 Å². The predicted octanol–water partition coefficient (Wildman–Crippen LogP) is 5.56. The molecule has 1 unspecified atom stereocenters. The molecule has 0 bridgehead atoms. The molecule has 0 spiro atoms. The van der Waals surface area contributed by atoms with Gasteiger partial charge in [-0.3, -0.25) is 4.79 Å². The number of benzene rings is 1. The normalized spacial score (nSPS) is 12.5. The van der Waals surface area contributed by atoms with Crippen LogP contribution in [0.4, 0.5) is 0 Å². The summed E-state index contributed by atoms with van der Waals surface area (Å²) in [4.78, 5) is 11.9. The van der Waals surface area contributed by atoms with Gasteiger partial charge in [-0.15, -0.1) is 11.8 Å². The number of carbonyl (C=O) groups excluding carboxylic acids is 1. The molecule has 0 radical (unpaired) electrons. The molecule has 0 saturated carbocycles. The summed E-state index contributed by atoms with van der Waals surface area (Å²) in [5.41, 5.74) is 1.08. The monoisotopic (exact) mass is 361 g/mol. The van der Waals surface area contributed by atoms with Crippen LogP contribution in [0.25, 0.3) is 0 Å². The minimum Gasteiger partial charge on any atom is -0.353 e.